The van der Waals surface area contributed by atoms with Crippen molar-refractivity contribution in [3.63, 3.8) is 0 Å². The average Bonchev–Trinajstić information content (AvgIpc) is 2.92. The molecule has 1 aliphatic carbocycles. The van der Waals surface area contributed by atoms with Crippen LogP contribution in [-0.4, -0.2) is 0 Å². The van der Waals surface area contributed by atoms with Gasteiger partial charge < -0.3 is 37.2 Å². The molecule has 0 unspecified atom stereocenters. The second-order valence-corrected chi connectivity index (χ2v) is 8.07. The van der Waals surface area contributed by atoms with Crippen molar-refractivity contribution >= 4 is 0 Å². The monoisotopic (exact) mass is 468 g/mol. The van der Waals surface area contributed by atoms with Gasteiger partial charge in [-0.25, -0.2) is 0 Å². The van der Waals surface area contributed by atoms with Crippen molar-refractivity contribution in [3.8, 4) is 0 Å². The minimum absolute atomic E-state index is 0. The Balaban J connectivity index is 0.00000243. The maximum absolute atomic E-state index is 2.33. The van der Waals surface area contributed by atoms with Gasteiger partial charge in [0, 0.05) is 0 Å². The van der Waals surface area contributed by atoms with E-state index in [0.717, 1.165) is 6.42 Å². The van der Waals surface area contributed by atoms with Gasteiger partial charge in [0.2, 0.25) is 0 Å². The molecule has 0 radical (unpaired) electrons. The van der Waals surface area contributed by atoms with E-state index in [1.165, 1.54) is 45.4 Å². The number of halogens is 3. The average molecular weight is 470 g/mol. The summed E-state index contributed by atoms with van der Waals surface area (Å²) in [6.07, 6.45) is 4.73. The van der Waals surface area contributed by atoms with Crippen LogP contribution in [0.4, 0.5) is 0 Å². The third kappa shape index (κ3) is 5.16. The molecule has 0 bridgehead atoms. The van der Waals surface area contributed by atoms with Gasteiger partial charge in [0.05, 0.1) is 0 Å². The molecule has 0 N–H and O–H groups in total. The van der Waals surface area contributed by atoms with E-state index < -0.39 is 0 Å². The third-order valence-corrected chi connectivity index (χ3v) is 6.64. The Labute approximate surface area is 200 Å². The zero-order valence-electron chi connectivity index (χ0n) is 16.7. The van der Waals surface area contributed by atoms with Gasteiger partial charge in [-0.05, 0) is 0 Å². The maximum atomic E-state index is 2.33. The summed E-state index contributed by atoms with van der Waals surface area (Å²) in [5, 5.41) is 0. The number of allylic oxidation sites excluding steroid dienone is 4. The van der Waals surface area contributed by atoms with Gasteiger partial charge >= 0.3 is 165 Å². The van der Waals surface area contributed by atoms with E-state index in [0.29, 0.717) is 0 Å². The summed E-state index contributed by atoms with van der Waals surface area (Å²) in [6, 6.07) is 22.3. The predicted molar refractivity (Wildman–Crippen MR) is 103 cm³/mol. The van der Waals surface area contributed by atoms with E-state index in [1.807, 2.05) is 0 Å². The predicted octanol–water partition coefficient (Wildman–Crippen LogP) is -2.28. The van der Waals surface area contributed by atoms with Gasteiger partial charge in [-0.3, -0.25) is 0 Å². The SMILES string of the molecule is CCCCC(C1=C(C)C(C)=[C]([Ti+3])C1)(c1ccccc1)c1ccccc1.[Cl-].[Cl-].[Cl-]. The largest absolute Gasteiger partial charge is 1.00 e. The van der Waals surface area contributed by atoms with Gasteiger partial charge in [-0.15, -0.1) is 0 Å². The number of hydrogen-bond acceptors (Lipinski definition) is 0. The Morgan fingerprint density at radius 2 is 1.25 bits per heavy atom. The van der Waals surface area contributed by atoms with Crippen LogP contribution in [0.15, 0.2) is 81.3 Å². The van der Waals surface area contributed by atoms with Crippen LogP contribution in [0.2, 0.25) is 0 Å². The normalized spacial score (nSPS) is 13.6. The summed E-state index contributed by atoms with van der Waals surface area (Å²) >= 11 is 2.30. The summed E-state index contributed by atoms with van der Waals surface area (Å²) in [5.41, 5.74) is 7.46. The molecule has 0 saturated carbocycles. The summed E-state index contributed by atoms with van der Waals surface area (Å²) < 4.78 is 1.53. The first kappa shape index (κ1) is 27.5. The Bertz CT molecular complexity index is 756. The van der Waals surface area contributed by atoms with Crippen LogP contribution in [0.3, 0.4) is 0 Å². The topological polar surface area (TPSA) is 0 Å². The minimum Gasteiger partial charge on any atom is -1.00 e. The standard InChI is InChI=1S/C24H27.3ClH.Ti/c1-4-5-18-24(21-12-8-6-9-13-21,22-14-10-7-11-15-22)23-17-16-19(2)20(23)3;;;;/h6-15H,4-5,17-18H2,1-3H3;3*1H;/q;;;;+3/p-3. The Morgan fingerprint density at radius 1 is 0.786 bits per heavy atom. The van der Waals surface area contributed by atoms with Crippen LogP contribution in [0.25, 0.3) is 0 Å². The minimum atomic E-state index is -0.0123. The number of hydrogen-bond donors (Lipinski definition) is 0. The molecule has 0 atom stereocenters. The molecular formula is C24H27Cl3Ti. The number of unbranched alkanes of at least 4 members (excludes halogenated alkanes) is 1. The first-order valence-corrected chi connectivity index (χ1v) is 10.1. The van der Waals surface area contributed by atoms with Crippen LogP contribution >= 0.6 is 0 Å². The van der Waals surface area contributed by atoms with Gasteiger partial charge in [0.15, 0.2) is 0 Å². The van der Waals surface area contributed by atoms with Gasteiger partial charge in [-0.1, -0.05) is 0 Å². The van der Waals surface area contributed by atoms with Crippen molar-refractivity contribution in [1.29, 1.82) is 0 Å². The van der Waals surface area contributed by atoms with E-state index in [4.69, 9.17) is 0 Å². The molecule has 0 aliphatic heterocycles. The van der Waals surface area contributed by atoms with Gasteiger partial charge in [0.25, 0.3) is 0 Å². The fourth-order valence-electron chi connectivity index (χ4n) is 4.21. The van der Waals surface area contributed by atoms with Gasteiger partial charge in [0.1, 0.15) is 0 Å². The molecule has 0 spiro atoms. The summed E-state index contributed by atoms with van der Waals surface area (Å²) in [6.45, 7) is 6.91. The fraction of sp³-hybridized carbons (Fsp3) is 0.333. The quantitative estimate of drug-likeness (QED) is 0.418. The van der Waals surface area contributed by atoms with Crippen molar-refractivity contribution < 1.29 is 57.7 Å². The summed E-state index contributed by atoms with van der Waals surface area (Å²) in [7, 11) is 0. The van der Waals surface area contributed by atoms with E-state index in [9.17, 15) is 0 Å². The first-order chi connectivity index (χ1) is 12.1. The summed E-state index contributed by atoms with van der Waals surface area (Å²) in [4.78, 5) is 0. The van der Waals surface area contributed by atoms with E-state index in [1.54, 1.807) is 5.57 Å². The van der Waals surface area contributed by atoms with Crippen molar-refractivity contribution in [1.82, 2.24) is 0 Å². The molecule has 2 aromatic rings. The maximum Gasteiger partial charge on any atom is -1.00 e. The Kier molecular flexibility index (Phi) is 12.0. The van der Waals surface area contributed by atoms with Crippen molar-refractivity contribution in [3.05, 3.63) is 92.4 Å². The molecule has 0 nitrogen and oxygen atoms in total. The molecule has 28 heavy (non-hydrogen) atoms. The Hall–Kier alpha value is -0.496. The molecule has 2 aromatic carbocycles. The van der Waals surface area contributed by atoms with Crippen molar-refractivity contribution in [2.24, 2.45) is 0 Å². The Morgan fingerprint density at radius 3 is 1.61 bits per heavy atom. The number of rotatable bonds is 6. The van der Waals surface area contributed by atoms with Crippen LogP contribution < -0.4 is 37.2 Å². The second kappa shape index (κ2) is 12.3. The fourth-order valence-corrected chi connectivity index (χ4v) is 4.78. The number of benzene rings is 2. The first-order valence-electron chi connectivity index (χ1n) is 9.34. The molecule has 3 rings (SSSR count). The molecule has 4 heteroatoms. The molecule has 1 aliphatic rings. The second-order valence-electron chi connectivity index (χ2n) is 7.12. The summed E-state index contributed by atoms with van der Waals surface area (Å²) in [5.74, 6) is 0. The molecular weight excluding hydrogens is 442 g/mol. The van der Waals surface area contributed by atoms with Crippen LogP contribution in [0.5, 0.6) is 0 Å². The smallest absolute Gasteiger partial charge is 1.00 e. The molecule has 0 aromatic heterocycles. The molecule has 0 amide bonds. The molecule has 0 heterocycles. The zero-order chi connectivity index (χ0) is 17.9. The van der Waals surface area contributed by atoms with E-state index in [2.05, 4.69) is 102 Å². The molecule has 148 valence electrons. The van der Waals surface area contributed by atoms with Crippen LogP contribution in [0, 0.1) is 0 Å². The van der Waals surface area contributed by atoms with Crippen LogP contribution in [-0.2, 0) is 25.9 Å². The molecule has 0 saturated heterocycles. The van der Waals surface area contributed by atoms with Crippen molar-refractivity contribution in [2.45, 2.75) is 51.9 Å². The van der Waals surface area contributed by atoms with Crippen LogP contribution in [0.1, 0.15) is 57.6 Å². The zero-order valence-corrected chi connectivity index (χ0v) is 20.6. The third-order valence-electron chi connectivity index (χ3n) is 5.78. The van der Waals surface area contributed by atoms with E-state index >= 15 is 0 Å². The van der Waals surface area contributed by atoms with E-state index in [-0.39, 0.29) is 42.6 Å². The molecule has 0 fully saturated rings. The van der Waals surface area contributed by atoms with Crippen molar-refractivity contribution in [2.75, 3.05) is 0 Å². The van der Waals surface area contributed by atoms with Gasteiger partial charge in [-0.2, -0.15) is 0 Å².